The van der Waals surface area contributed by atoms with Gasteiger partial charge in [0, 0.05) is 17.2 Å². The second kappa shape index (κ2) is 10.3. The number of hydrogen-bond acceptors (Lipinski definition) is 3. The fraction of sp³-hybridized carbons (Fsp3) is 0.0690. The molecule has 0 aromatic heterocycles. The molecule has 0 aliphatic carbocycles. The third kappa shape index (κ3) is 5.27. The maximum atomic E-state index is 14.9. The molecule has 0 aliphatic rings. The lowest BCUT2D eigenvalue weighted by atomic mass is 9.98. The molecule has 0 aliphatic heterocycles. The maximum absolute atomic E-state index is 14.9. The third-order valence-electron chi connectivity index (χ3n) is 5.35. The molecule has 0 radical (unpaired) electrons. The largest absolute Gasteiger partial charge is 0.489 e. The van der Waals surface area contributed by atoms with E-state index in [-0.39, 0.29) is 34.8 Å². The number of carbonyl (C=O) groups excluding carboxylic acids is 1. The molecule has 0 saturated heterocycles. The first-order valence-electron chi connectivity index (χ1n) is 10.8. The van der Waals surface area contributed by atoms with Gasteiger partial charge in [-0.3, -0.25) is 0 Å². The molecule has 0 fully saturated rings. The Balaban J connectivity index is 1.51. The van der Waals surface area contributed by atoms with E-state index in [0.29, 0.717) is 11.1 Å². The van der Waals surface area contributed by atoms with Crippen LogP contribution in [0.25, 0.3) is 22.3 Å². The molecule has 0 amide bonds. The van der Waals surface area contributed by atoms with Gasteiger partial charge in [0.2, 0.25) is 0 Å². The second-order valence-corrected chi connectivity index (χ2v) is 7.81. The van der Waals surface area contributed by atoms with Gasteiger partial charge in [0.05, 0.1) is 5.56 Å². The van der Waals surface area contributed by atoms with Crippen molar-refractivity contribution in [2.75, 3.05) is 6.61 Å². The lowest BCUT2D eigenvalue weighted by Crippen LogP contribution is -2.11. The number of esters is 1. The monoisotopic (exact) mass is 474 g/mol. The first-order valence-corrected chi connectivity index (χ1v) is 10.8. The zero-order valence-corrected chi connectivity index (χ0v) is 18.9. The number of halogens is 3. The molecule has 4 aromatic carbocycles. The van der Waals surface area contributed by atoms with Gasteiger partial charge in [0.15, 0.2) is 11.6 Å². The van der Waals surface area contributed by atoms with Crippen molar-refractivity contribution >= 4 is 5.97 Å². The van der Waals surface area contributed by atoms with E-state index in [2.05, 4.69) is 6.58 Å². The Labute approximate surface area is 201 Å². The summed E-state index contributed by atoms with van der Waals surface area (Å²) < 4.78 is 54.4. The predicted molar refractivity (Wildman–Crippen MR) is 129 cm³/mol. The highest BCUT2D eigenvalue weighted by molar-refractivity contribution is 5.91. The van der Waals surface area contributed by atoms with Gasteiger partial charge in [0.1, 0.15) is 23.9 Å². The number of rotatable bonds is 7. The molecule has 0 N–H and O–H groups in total. The van der Waals surface area contributed by atoms with E-state index in [0.717, 1.165) is 11.6 Å². The van der Waals surface area contributed by atoms with E-state index in [9.17, 15) is 18.0 Å². The SMILES string of the molecule is C=CCOc1ccc(C(=O)Oc2ccc(-c3ccc(-c4ccc(C)cc4)c(F)c3F)cc2)c(F)c1. The van der Waals surface area contributed by atoms with Gasteiger partial charge in [-0.2, -0.15) is 0 Å². The Morgan fingerprint density at radius 3 is 1.89 bits per heavy atom. The van der Waals surface area contributed by atoms with Crippen LogP contribution in [-0.2, 0) is 0 Å². The number of aryl methyl sites for hydroxylation is 1. The lowest BCUT2D eigenvalue weighted by Gasteiger charge is -2.11. The number of carbonyl (C=O) groups is 1. The zero-order valence-electron chi connectivity index (χ0n) is 18.9. The molecule has 35 heavy (non-hydrogen) atoms. The van der Waals surface area contributed by atoms with Crippen molar-refractivity contribution in [3.05, 3.63) is 120 Å². The van der Waals surface area contributed by atoms with Crippen LogP contribution in [0.1, 0.15) is 15.9 Å². The molecule has 176 valence electrons. The first kappa shape index (κ1) is 23.8. The molecule has 4 aromatic rings. The Kier molecular flexibility index (Phi) is 7.01. The molecule has 6 heteroatoms. The van der Waals surface area contributed by atoms with E-state index in [1.807, 2.05) is 19.1 Å². The molecular weight excluding hydrogens is 453 g/mol. The minimum absolute atomic E-state index is 0.0670. The molecule has 3 nitrogen and oxygen atoms in total. The Morgan fingerprint density at radius 2 is 1.34 bits per heavy atom. The van der Waals surface area contributed by atoms with Crippen molar-refractivity contribution in [1.29, 1.82) is 0 Å². The van der Waals surface area contributed by atoms with Gasteiger partial charge in [-0.25, -0.2) is 18.0 Å². The van der Waals surface area contributed by atoms with Crippen LogP contribution in [0.2, 0.25) is 0 Å². The minimum Gasteiger partial charge on any atom is -0.489 e. The summed E-state index contributed by atoms with van der Waals surface area (Å²) in [6.07, 6.45) is 1.52. The smallest absolute Gasteiger partial charge is 0.346 e. The highest BCUT2D eigenvalue weighted by Crippen LogP contribution is 2.32. The van der Waals surface area contributed by atoms with Crippen molar-refractivity contribution in [2.24, 2.45) is 0 Å². The molecule has 0 unspecified atom stereocenters. The summed E-state index contributed by atoms with van der Waals surface area (Å²) in [7, 11) is 0. The van der Waals surface area contributed by atoms with Gasteiger partial charge < -0.3 is 9.47 Å². The molecular formula is C29H21F3O3. The summed E-state index contributed by atoms with van der Waals surface area (Å²) >= 11 is 0. The highest BCUT2D eigenvalue weighted by Gasteiger charge is 2.18. The quantitative estimate of drug-likeness (QED) is 0.158. The van der Waals surface area contributed by atoms with Crippen LogP contribution in [0.15, 0.2) is 91.5 Å². The maximum Gasteiger partial charge on any atom is 0.346 e. The summed E-state index contributed by atoms with van der Waals surface area (Å²) in [5.74, 6) is -3.23. The first-order chi connectivity index (χ1) is 16.9. The van der Waals surface area contributed by atoms with Crippen LogP contribution < -0.4 is 9.47 Å². The van der Waals surface area contributed by atoms with Crippen molar-refractivity contribution in [3.63, 3.8) is 0 Å². The van der Waals surface area contributed by atoms with E-state index >= 15 is 0 Å². The summed E-state index contributed by atoms with van der Waals surface area (Å²) in [6.45, 7) is 5.63. The van der Waals surface area contributed by atoms with Gasteiger partial charge >= 0.3 is 5.97 Å². The average molecular weight is 474 g/mol. The standard InChI is InChI=1S/C29H21F3O3/c1-3-16-34-22-12-13-25(26(30)17-22)29(33)35-21-10-8-20(9-11-21)24-15-14-23(27(31)28(24)32)19-6-4-18(2)5-7-19/h3-15,17H,1,16H2,2H3. The molecule has 0 saturated carbocycles. The zero-order chi connectivity index (χ0) is 24.9. The van der Waals surface area contributed by atoms with Crippen molar-refractivity contribution in [1.82, 2.24) is 0 Å². The highest BCUT2D eigenvalue weighted by atomic mass is 19.2. The van der Waals surface area contributed by atoms with Crippen LogP contribution in [0.3, 0.4) is 0 Å². The summed E-state index contributed by atoms with van der Waals surface area (Å²) in [4.78, 5) is 12.4. The summed E-state index contributed by atoms with van der Waals surface area (Å²) in [6, 6.07) is 19.8. The second-order valence-electron chi connectivity index (χ2n) is 7.81. The van der Waals surface area contributed by atoms with Crippen LogP contribution in [0, 0.1) is 24.4 Å². The van der Waals surface area contributed by atoms with Crippen LogP contribution in [0.4, 0.5) is 13.2 Å². The molecule has 0 heterocycles. The molecule has 0 atom stereocenters. The topological polar surface area (TPSA) is 35.5 Å². The number of ether oxygens (including phenoxy) is 2. The fourth-order valence-corrected chi connectivity index (χ4v) is 3.50. The average Bonchev–Trinajstić information content (AvgIpc) is 2.85. The van der Waals surface area contributed by atoms with Gasteiger partial charge in [-0.1, -0.05) is 66.7 Å². The van der Waals surface area contributed by atoms with Crippen LogP contribution in [-0.4, -0.2) is 12.6 Å². The lowest BCUT2D eigenvalue weighted by molar-refractivity contribution is 0.0730. The van der Waals surface area contributed by atoms with Gasteiger partial charge in [-0.15, -0.1) is 0 Å². The Hall–Kier alpha value is -4.32. The Bertz CT molecular complexity index is 1380. The van der Waals surface area contributed by atoms with E-state index in [4.69, 9.17) is 9.47 Å². The van der Waals surface area contributed by atoms with Crippen LogP contribution in [0.5, 0.6) is 11.5 Å². The number of hydrogen-bond donors (Lipinski definition) is 0. The molecule has 0 bridgehead atoms. The van der Waals surface area contributed by atoms with Crippen LogP contribution >= 0.6 is 0 Å². The third-order valence-corrected chi connectivity index (χ3v) is 5.35. The van der Waals surface area contributed by atoms with Crippen molar-refractivity contribution in [2.45, 2.75) is 6.92 Å². The van der Waals surface area contributed by atoms with Crippen molar-refractivity contribution in [3.8, 4) is 33.8 Å². The number of benzene rings is 4. The fourth-order valence-electron chi connectivity index (χ4n) is 3.50. The summed E-state index contributed by atoms with van der Waals surface area (Å²) in [5, 5.41) is 0. The minimum atomic E-state index is -0.978. The van der Waals surface area contributed by atoms with E-state index in [1.165, 1.54) is 54.6 Å². The Morgan fingerprint density at radius 1 is 0.800 bits per heavy atom. The van der Waals surface area contributed by atoms with E-state index < -0.39 is 23.4 Å². The van der Waals surface area contributed by atoms with Gasteiger partial charge in [-0.05, 0) is 42.3 Å². The van der Waals surface area contributed by atoms with Gasteiger partial charge in [0.25, 0.3) is 0 Å². The van der Waals surface area contributed by atoms with E-state index in [1.54, 1.807) is 12.1 Å². The summed E-state index contributed by atoms with van der Waals surface area (Å²) in [5.41, 5.74) is 1.96. The normalized spacial score (nSPS) is 10.6. The molecule has 0 spiro atoms. The molecule has 4 rings (SSSR count). The predicted octanol–water partition coefficient (Wildman–Crippen LogP) is 7.53. The van der Waals surface area contributed by atoms with Crippen molar-refractivity contribution < 1.29 is 27.4 Å².